The summed E-state index contributed by atoms with van der Waals surface area (Å²) >= 11 is 0. The lowest BCUT2D eigenvalue weighted by molar-refractivity contribution is 0.198. The Hall–Kier alpha value is 0. The second-order valence-electron chi connectivity index (χ2n) is 4.25. The van der Waals surface area contributed by atoms with Crippen molar-refractivity contribution in [2.24, 2.45) is 17.3 Å². The zero-order valence-electron chi connectivity index (χ0n) is 6.48. The molecule has 0 heterocycles. The molecule has 3 fully saturated rings. The Morgan fingerprint density at radius 1 is 1.44 bits per heavy atom. The first-order valence-electron chi connectivity index (χ1n) is 4.24. The van der Waals surface area contributed by atoms with E-state index in [4.69, 9.17) is 0 Å². The van der Waals surface area contributed by atoms with Gasteiger partial charge in [0.15, 0.2) is 0 Å². The Balaban J connectivity index is 2.13. The van der Waals surface area contributed by atoms with E-state index in [0.29, 0.717) is 0 Å². The van der Waals surface area contributed by atoms with Gasteiger partial charge in [0, 0.05) is 0 Å². The SMILES string of the molecule is CCC1(C)CC2CC1C2. The van der Waals surface area contributed by atoms with Crippen LogP contribution in [-0.4, -0.2) is 0 Å². The first-order valence-corrected chi connectivity index (χ1v) is 4.24. The molecule has 3 saturated carbocycles. The number of fused-ring (bicyclic) bond motifs is 1. The van der Waals surface area contributed by atoms with Crippen LogP contribution in [0.3, 0.4) is 0 Å². The Morgan fingerprint density at radius 3 is 2.33 bits per heavy atom. The second-order valence-corrected chi connectivity index (χ2v) is 4.25. The highest BCUT2D eigenvalue weighted by Crippen LogP contribution is 2.60. The van der Waals surface area contributed by atoms with E-state index in [9.17, 15) is 0 Å². The van der Waals surface area contributed by atoms with Crippen LogP contribution in [0, 0.1) is 17.3 Å². The molecule has 0 amide bonds. The van der Waals surface area contributed by atoms with Gasteiger partial charge >= 0.3 is 0 Å². The maximum Gasteiger partial charge on any atom is -0.0297 e. The van der Waals surface area contributed by atoms with Crippen molar-refractivity contribution in [3.05, 3.63) is 0 Å². The zero-order valence-corrected chi connectivity index (χ0v) is 6.48. The second kappa shape index (κ2) is 1.53. The topological polar surface area (TPSA) is 0 Å². The van der Waals surface area contributed by atoms with Gasteiger partial charge in [-0.1, -0.05) is 20.3 Å². The van der Waals surface area contributed by atoms with Gasteiger partial charge in [-0.2, -0.15) is 0 Å². The molecule has 3 rings (SSSR count). The van der Waals surface area contributed by atoms with Crippen molar-refractivity contribution < 1.29 is 0 Å². The molecule has 1 unspecified atom stereocenters. The van der Waals surface area contributed by atoms with Crippen LogP contribution >= 0.6 is 0 Å². The van der Waals surface area contributed by atoms with Crippen LogP contribution in [0.1, 0.15) is 39.5 Å². The average Bonchev–Trinajstić information content (AvgIpc) is 2.19. The van der Waals surface area contributed by atoms with Crippen molar-refractivity contribution >= 4 is 0 Å². The summed E-state index contributed by atoms with van der Waals surface area (Å²) in [5.41, 5.74) is 0.769. The van der Waals surface area contributed by atoms with Crippen molar-refractivity contribution in [2.45, 2.75) is 39.5 Å². The van der Waals surface area contributed by atoms with E-state index in [-0.39, 0.29) is 0 Å². The van der Waals surface area contributed by atoms with E-state index in [2.05, 4.69) is 13.8 Å². The lowest BCUT2D eigenvalue weighted by Gasteiger charge is -2.30. The lowest BCUT2D eigenvalue weighted by atomic mass is 9.75. The Labute approximate surface area is 57.6 Å². The highest BCUT2D eigenvalue weighted by atomic mass is 14.6. The molecular formula is C9H16. The van der Waals surface area contributed by atoms with E-state index in [0.717, 1.165) is 17.3 Å². The number of rotatable bonds is 1. The van der Waals surface area contributed by atoms with Gasteiger partial charge in [-0.15, -0.1) is 0 Å². The van der Waals surface area contributed by atoms with Crippen LogP contribution in [0.4, 0.5) is 0 Å². The van der Waals surface area contributed by atoms with Crippen LogP contribution in [0.15, 0.2) is 0 Å². The van der Waals surface area contributed by atoms with Crippen molar-refractivity contribution in [2.75, 3.05) is 0 Å². The number of hydrogen-bond donors (Lipinski definition) is 0. The molecule has 0 nitrogen and oxygen atoms in total. The molecule has 0 heteroatoms. The summed E-state index contributed by atoms with van der Waals surface area (Å²) in [5, 5.41) is 0. The zero-order chi connectivity index (χ0) is 6.48. The third-order valence-corrected chi connectivity index (χ3v) is 3.78. The molecule has 9 heavy (non-hydrogen) atoms. The summed E-state index contributed by atoms with van der Waals surface area (Å²) in [6.45, 7) is 4.82. The molecule has 0 aromatic rings. The Morgan fingerprint density at radius 2 is 2.11 bits per heavy atom. The normalized spacial score (nSPS) is 55.3. The van der Waals surface area contributed by atoms with E-state index in [1.54, 1.807) is 12.8 Å². The van der Waals surface area contributed by atoms with Gasteiger partial charge in [0.05, 0.1) is 0 Å². The van der Waals surface area contributed by atoms with Crippen molar-refractivity contribution in [3.8, 4) is 0 Å². The highest BCUT2D eigenvalue weighted by Gasteiger charge is 2.50. The molecule has 0 spiro atoms. The van der Waals surface area contributed by atoms with Gasteiger partial charge in [-0.25, -0.2) is 0 Å². The van der Waals surface area contributed by atoms with Gasteiger partial charge in [-0.3, -0.25) is 0 Å². The van der Waals surface area contributed by atoms with E-state index in [1.807, 2.05) is 0 Å². The molecule has 0 aromatic heterocycles. The molecule has 0 saturated heterocycles. The summed E-state index contributed by atoms with van der Waals surface area (Å²) in [7, 11) is 0. The fourth-order valence-electron chi connectivity index (χ4n) is 2.73. The van der Waals surface area contributed by atoms with Crippen LogP contribution in [0.25, 0.3) is 0 Å². The van der Waals surface area contributed by atoms with Crippen molar-refractivity contribution in [1.29, 1.82) is 0 Å². The molecular weight excluding hydrogens is 108 g/mol. The maximum atomic E-state index is 2.48. The lowest BCUT2D eigenvalue weighted by Crippen LogP contribution is -2.21. The molecule has 0 aliphatic heterocycles. The summed E-state index contributed by atoms with van der Waals surface area (Å²) in [6, 6.07) is 0. The third kappa shape index (κ3) is 0.595. The average molecular weight is 124 g/mol. The first kappa shape index (κ1) is 5.76. The molecule has 3 aliphatic rings. The molecule has 2 bridgehead atoms. The fourth-order valence-corrected chi connectivity index (χ4v) is 2.73. The van der Waals surface area contributed by atoms with Crippen LogP contribution in [0.5, 0.6) is 0 Å². The largest absolute Gasteiger partial charge is 0.0649 e. The summed E-state index contributed by atoms with van der Waals surface area (Å²) < 4.78 is 0. The van der Waals surface area contributed by atoms with Crippen molar-refractivity contribution in [3.63, 3.8) is 0 Å². The smallest absolute Gasteiger partial charge is 0.0297 e. The van der Waals surface area contributed by atoms with Gasteiger partial charge in [-0.05, 0) is 36.5 Å². The van der Waals surface area contributed by atoms with Gasteiger partial charge in [0.1, 0.15) is 0 Å². The minimum Gasteiger partial charge on any atom is -0.0649 e. The monoisotopic (exact) mass is 124 g/mol. The van der Waals surface area contributed by atoms with E-state index in [1.165, 1.54) is 12.8 Å². The molecule has 0 radical (unpaired) electrons. The summed E-state index contributed by atoms with van der Waals surface area (Å²) in [4.78, 5) is 0. The number of hydrogen-bond acceptors (Lipinski definition) is 0. The minimum atomic E-state index is 0.769. The predicted octanol–water partition coefficient (Wildman–Crippen LogP) is 2.83. The highest BCUT2D eigenvalue weighted by molar-refractivity contribution is 5.01. The van der Waals surface area contributed by atoms with Gasteiger partial charge < -0.3 is 0 Å². The van der Waals surface area contributed by atoms with E-state index >= 15 is 0 Å². The first-order chi connectivity index (χ1) is 4.24. The summed E-state index contributed by atoms with van der Waals surface area (Å²) in [6.07, 6.45) is 6.07. The Bertz CT molecular complexity index is 122. The molecule has 52 valence electrons. The standard InChI is InChI=1S/C9H16/c1-3-9(2)6-7-4-8(9)5-7/h7-8H,3-6H2,1-2H3. The molecule has 1 atom stereocenters. The third-order valence-electron chi connectivity index (χ3n) is 3.78. The van der Waals surface area contributed by atoms with Gasteiger partial charge in [0.2, 0.25) is 0 Å². The minimum absolute atomic E-state index is 0.769. The van der Waals surface area contributed by atoms with Gasteiger partial charge in [0.25, 0.3) is 0 Å². The van der Waals surface area contributed by atoms with Crippen LogP contribution in [-0.2, 0) is 0 Å². The predicted molar refractivity (Wildman–Crippen MR) is 39.2 cm³/mol. The quantitative estimate of drug-likeness (QED) is 0.504. The summed E-state index contributed by atoms with van der Waals surface area (Å²) in [5.74, 6) is 2.26. The van der Waals surface area contributed by atoms with E-state index < -0.39 is 0 Å². The van der Waals surface area contributed by atoms with Crippen LogP contribution < -0.4 is 0 Å². The molecule has 0 aromatic carbocycles. The molecule has 0 N–H and O–H groups in total. The van der Waals surface area contributed by atoms with Crippen LogP contribution in [0.2, 0.25) is 0 Å². The molecule has 3 aliphatic carbocycles. The fraction of sp³-hybridized carbons (Fsp3) is 1.00. The maximum absolute atomic E-state index is 2.48. The Kier molecular flexibility index (Phi) is 0.980. The van der Waals surface area contributed by atoms with Crippen molar-refractivity contribution in [1.82, 2.24) is 0 Å².